The first kappa shape index (κ1) is 14.7. The van der Waals surface area contributed by atoms with E-state index in [9.17, 15) is 4.79 Å². The summed E-state index contributed by atoms with van der Waals surface area (Å²) >= 11 is 0. The number of nitrogens with one attached hydrogen (secondary N) is 1. The SMILES string of the molecule is O=C(CC1CCCC1)NCc1ccnc(-c2ccncc2)c1. The minimum Gasteiger partial charge on any atom is -0.352 e. The van der Waals surface area contributed by atoms with Gasteiger partial charge in [0, 0.05) is 37.1 Å². The van der Waals surface area contributed by atoms with Crippen LogP contribution in [-0.2, 0) is 11.3 Å². The first-order valence-corrected chi connectivity index (χ1v) is 7.93. The highest BCUT2D eigenvalue weighted by Crippen LogP contribution is 2.27. The fourth-order valence-corrected chi connectivity index (χ4v) is 3.01. The molecule has 4 nitrogen and oxygen atoms in total. The number of nitrogens with zero attached hydrogens (tertiary/aromatic N) is 2. The van der Waals surface area contributed by atoms with Crippen LogP contribution in [0.1, 0.15) is 37.7 Å². The molecule has 3 rings (SSSR count). The summed E-state index contributed by atoms with van der Waals surface area (Å²) in [5.41, 5.74) is 3.01. The van der Waals surface area contributed by atoms with E-state index in [0.29, 0.717) is 18.9 Å². The van der Waals surface area contributed by atoms with Gasteiger partial charge in [0.25, 0.3) is 0 Å². The van der Waals surface area contributed by atoms with E-state index in [2.05, 4.69) is 15.3 Å². The molecule has 1 aliphatic carbocycles. The lowest BCUT2D eigenvalue weighted by atomic mass is 10.0. The highest BCUT2D eigenvalue weighted by atomic mass is 16.1. The third-order valence-corrected chi connectivity index (χ3v) is 4.24. The average Bonchev–Trinajstić information content (AvgIpc) is 3.07. The van der Waals surface area contributed by atoms with Crippen LogP contribution in [0.5, 0.6) is 0 Å². The Hall–Kier alpha value is -2.23. The molecule has 0 radical (unpaired) electrons. The molecule has 0 spiro atoms. The van der Waals surface area contributed by atoms with Gasteiger partial charge in [-0.15, -0.1) is 0 Å². The van der Waals surface area contributed by atoms with Crippen molar-refractivity contribution in [1.82, 2.24) is 15.3 Å². The van der Waals surface area contributed by atoms with Gasteiger partial charge in [-0.05, 0) is 48.6 Å². The van der Waals surface area contributed by atoms with Gasteiger partial charge in [-0.25, -0.2) is 0 Å². The predicted octanol–water partition coefficient (Wildman–Crippen LogP) is 3.34. The van der Waals surface area contributed by atoms with Crippen molar-refractivity contribution in [2.24, 2.45) is 5.92 Å². The second-order valence-electron chi connectivity index (χ2n) is 5.92. The van der Waals surface area contributed by atoms with Gasteiger partial charge in [0.15, 0.2) is 0 Å². The van der Waals surface area contributed by atoms with E-state index in [1.165, 1.54) is 25.7 Å². The minimum absolute atomic E-state index is 0.161. The Morgan fingerprint density at radius 1 is 1.14 bits per heavy atom. The topological polar surface area (TPSA) is 54.9 Å². The molecule has 1 N–H and O–H groups in total. The Labute approximate surface area is 131 Å². The Kier molecular flexibility index (Phi) is 4.78. The molecule has 0 saturated heterocycles. The highest BCUT2D eigenvalue weighted by molar-refractivity contribution is 5.76. The maximum absolute atomic E-state index is 12.0. The molecule has 0 atom stereocenters. The van der Waals surface area contributed by atoms with Crippen molar-refractivity contribution in [1.29, 1.82) is 0 Å². The highest BCUT2D eigenvalue weighted by Gasteiger charge is 2.18. The number of hydrogen-bond donors (Lipinski definition) is 1. The largest absolute Gasteiger partial charge is 0.352 e. The van der Waals surface area contributed by atoms with Crippen LogP contribution < -0.4 is 5.32 Å². The first-order chi connectivity index (χ1) is 10.8. The van der Waals surface area contributed by atoms with Gasteiger partial charge in [0.1, 0.15) is 0 Å². The molecule has 0 bridgehead atoms. The monoisotopic (exact) mass is 295 g/mol. The summed E-state index contributed by atoms with van der Waals surface area (Å²) in [6.45, 7) is 0.562. The molecule has 0 aliphatic heterocycles. The van der Waals surface area contributed by atoms with Gasteiger partial charge >= 0.3 is 0 Å². The van der Waals surface area contributed by atoms with E-state index in [4.69, 9.17) is 0 Å². The van der Waals surface area contributed by atoms with E-state index in [-0.39, 0.29) is 5.91 Å². The smallest absolute Gasteiger partial charge is 0.220 e. The average molecular weight is 295 g/mol. The molecule has 2 heterocycles. The zero-order chi connectivity index (χ0) is 15.2. The lowest BCUT2D eigenvalue weighted by molar-refractivity contribution is -0.122. The van der Waals surface area contributed by atoms with Gasteiger partial charge < -0.3 is 5.32 Å². The molecule has 1 fully saturated rings. The maximum atomic E-state index is 12.0. The molecule has 22 heavy (non-hydrogen) atoms. The molecule has 0 unspecified atom stereocenters. The molecule has 0 aromatic carbocycles. The fraction of sp³-hybridized carbons (Fsp3) is 0.389. The van der Waals surface area contributed by atoms with E-state index in [0.717, 1.165) is 16.8 Å². The Balaban J connectivity index is 1.57. The van der Waals surface area contributed by atoms with Gasteiger partial charge in [0.2, 0.25) is 5.91 Å². The van der Waals surface area contributed by atoms with Crippen LogP contribution in [0.3, 0.4) is 0 Å². The Morgan fingerprint density at radius 2 is 1.91 bits per heavy atom. The summed E-state index contributed by atoms with van der Waals surface area (Å²) in [5.74, 6) is 0.749. The van der Waals surface area contributed by atoms with Crippen LogP contribution in [0.15, 0.2) is 42.9 Å². The third-order valence-electron chi connectivity index (χ3n) is 4.24. The van der Waals surface area contributed by atoms with Crippen LogP contribution in [-0.4, -0.2) is 15.9 Å². The van der Waals surface area contributed by atoms with Crippen molar-refractivity contribution in [3.8, 4) is 11.3 Å². The zero-order valence-electron chi connectivity index (χ0n) is 12.7. The normalized spacial score (nSPS) is 14.9. The molecule has 114 valence electrons. The molecular formula is C18H21N3O. The van der Waals surface area contributed by atoms with Crippen LogP contribution in [0.25, 0.3) is 11.3 Å². The number of aromatic nitrogens is 2. The molecule has 2 aromatic heterocycles. The van der Waals surface area contributed by atoms with Crippen molar-refractivity contribution in [3.63, 3.8) is 0 Å². The van der Waals surface area contributed by atoms with Gasteiger partial charge in [-0.1, -0.05) is 12.8 Å². The van der Waals surface area contributed by atoms with Crippen LogP contribution in [0, 0.1) is 5.92 Å². The second kappa shape index (κ2) is 7.16. The lowest BCUT2D eigenvalue weighted by Gasteiger charge is -2.10. The quantitative estimate of drug-likeness (QED) is 0.920. The van der Waals surface area contributed by atoms with Gasteiger partial charge in [0.05, 0.1) is 5.69 Å². The molecule has 1 amide bonds. The van der Waals surface area contributed by atoms with Gasteiger partial charge in [-0.2, -0.15) is 0 Å². The van der Waals surface area contributed by atoms with E-state index in [1.54, 1.807) is 18.6 Å². The Morgan fingerprint density at radius 3 is 2.68 bits per heavy atom. The summed E-state index contributed by atoms with van der Waals surface area (Å²) in [6.07, 6.45) is 10.9. The van der Waals surface area contributed by atoms with Crippen molar-refractivity contribution in [2.75, 3.05) is 0 Å². The fourth-order valence-electron chi connectivity index (χ4n) is 3.01. The summed E-state index contributed by atoms with van der Waals surface area (Å²) in [6, 6.07) is 7.83. The van der Waals surface area contributed by atoms with E-state index < -0.39 is 0 Å². The summed E-state index contributed by atoms with van der Waals surface area (Å²) < 4.78 is 0. The summed E-state index contributed by atoms with van der Waals surface area (Å²) in [4.78, 5) is 20.4. The predicted molar refractivity (Wildman–Crippen MR) is 85.9 cm³/mol. The van der Waals surface area contributed by atoms with Crippen LogP contribution >= 0.6 is 0 Å². The Bertz CT molecular complexity index is 621. The standard InChI is InChI=1S/C18H21N3O/c22-18(12-14-3-1-2-4-14)21-13-15-5-10-20-17(11-15)16-6-8-19-9-7-16/h5-11,14H,1-4,12-13H2,(H,21,22). The number of hydrogen-bond acceptors (Lipinski definition) is 3. The molecular weight excluding hydrogens is 274 g/mol. The first-order valence-electron chi connectivity index (χ1n) is 7.93. The van der Waals surface area contributed by atoms with E-state index >= 15 is 0 Å². The molecule has 2 aromatic rings. The number of carbonyl (C=O) groups excluding carboxylic acids is 1. The van der Waals surface area contributed by atoms with Crippen LogP contribution in [0.4, 0.5) is 0 Å². The summed E-state index contributed by atoms with van der Waals surface area (Å²) in [5, 5.41) is 3.03. The van der Waals surface area contributed by atoms with Crippen molar-refractivity contribution in [2.45, 2.75) is 38.6 Å². The van der Waals surface area contributed by atoms with Crippen molar-refractivity contribution >= 4 is 5.91 Å². The maximum Gasteiger partial charge on any atom is 0.220 e. The number of rotatable bonds is 5. The second-order valence-corrected chi connectivity index (χ2v) is 5.92. The molecule has 1 saturated carbocycles. The van der Waals surface area contributed by atoms with Crippen molar-refractivity contribution in [3.05, 3.63) is 48.4 Å². The lowest BCUT2D eigenvalue weighted by Crippen LogP contribution is -2.24. The molecule has 4 heteroatoms. The van der Waals surface area contributed by atoms with Crippen LogP contribution in [0.2, 0.25) is 0 Å². The molecule has 1 aliphatic rings. The number of carbonyl (C=O) groups is 1. The number of pyridine rings is 2. The van der Waals surface area contributed by atoms with E-state index in [1.807, 2.05) is 24.3 Å². The minimum atomic E-state index is 0.161. The van der Waals surface area contributed by atoms with Crippen molar-refractivity contribution < 1.29 is 4.79 Å². The number of amides is 1. The zero-order valence-corrected chi connectivity index (χ0v) is 12.7. The van der Waals surface area contributed by atoms with Gasteiger partial charge in [-0.3, -0.25) is 14.8 Å². The summed E-state index contributed by atoms with van der Waals surface area (Å²) in [7, 11) is 0. The third kappa shape index (κ3) is 3.91.